The second-order valence-corrected chi connectivity index (χ2v) is 5.24. The minimum Gasteiger partial charge on any atom is -0.452 e. The van der Waals surface area contributed by atoms with Gasteiger partial charge in [0.2, 0.25) is 0 Å². The number of amides is 1. The van der Waals surface area contributed by atoms with E-state index in [1.165, 1.54) is 0 Å². The van der Waals surface area contributed by atoms with Crippen LogP contribution in [0.15, 0.2) is 36.4 Å². The first-order valence-corrected chi connectivity index (χ1v) is 7.26. The summed E-state index contributed by atoms with van der Waals surface area (Å²) in [5.74, 6) is -0.908. The first kappa shape index (κ1) is 15.8. The second kappa shape index (κ2) is 7.41. The van der Waals surface area contributed by atoms with Gasteiger partial charge in [0.15, 0.2) is 6.10 Å². The molecule has 1 aliphatic carbocycles. The highest BCUT2D eigenvalue weighted by molar-refractivity contribution is 5.95. The van der Waals surface area contributed by atoms with E-state index in [1.807, 2.05) is 18.2 Å². The predicted molar refractivity (Wildman–Crippen MR) is 81.8 cm³/mol. The van der Waals surface area contributed by atoms with Crippen LogP contribution in [0.4, 0.5) is 5.69 Å². The van der Waals surface area contributed by atoms with Crippen LogP contribution in [0.2, 0.25) is 0 Å². The van der Waals surface area contributed by atoms with Crippen LogP contribution >= 0.6 is 0 Å². The van der Waals surface area contributed by atoms with Crippen molar-refractivity contribution in [2.75, 3.05) is 5.32 Å². The largest absolute Gasteiger partial charge is 0.452 e. The van der Waals surface area contributed by atoms with Gasteiger partial charge >= 0.3 is 5.97 Å². The number of carbonyl (C=O) groups is 2. The van der Waals surface area contributed by atoms with Gasteiger partial charge in [-0.2, -0.15) is 5.26 Å². The summed E-state index contributed by atoms with van der Waals surface area (Å²) >= 11 is 0. The topological polar surface area (TPSA) is 79.2 Å². The third-order valence-electron chi connectivity index (χ3n) is 3.52. The quantitative estimate of drug-likeness (QED) is 0.684. The van der Waals surface area contributed by atoms with Crippen LogP contribution in [0.1, 0.15) is 31.7 Å². The number of nitriles is 1. The maximum Gasteiger partial charge on any atom is 0.310 e. The molecular weight excluding hydrogens is 280 g/mol. The number of hydrogen-bond acceptors (Lipinski definition) is 4. The van der Waals surface area contributed by atoms with Gasteiger partial charge < -0.3 is 10.1 Å². The molecule has 0 radical (unpaired) electrons. The molecular formula is C17H18N2O3. The summed E-state index contributed by atoms with van der Waals surface area (Å²) in [6, 6.07) is 8.58. The van der Waals surface area contributed by atoms with Crippen molar-refractivity contribution < 1.29 is 14.3 Å². The smallest absolute Gasteiger partial charge is 0.310 e. The molecule has 2 rings (SSSR count). The molecule has 0 saturated carbocycles. The fourth-order valence-corrected chi connectivity index (χ4v) is 2.24. The van der Waals surface area contributed by atoms with Crippen LogP contribution in [0.3, 0.4) is 0 Å². The minimum atomic E-state index is -0.871. The number of anilines is 1. The number of esters is 1. The summed E-state index contributed by atoms with van der Waals surface area (Å²) in [5, 5.41) is 11.5. The lowest BCUT2D eigenvalue weighted by atomic mass is 9.95. The fourth-order valence-electron chi connectivity index (χ4n) is 2.24. The van der Waals surface area contributed by atoms with Crippen molar-refractivity contribution >= 4 is 17.6 Å². The number of carbonyl (C=O) groups excluding carboxylic acids is 2. The van der Waals surface area contributed by atoms with Gasteiger partial charge in [-0.25, -0.2) is 0 Å². The lowest BCUT2D eigenvalue weighted by molar-refractivity contribution is -0.157. The molecule has 1 aromatic rings. The molecule has 0 unspecified atom stereocenters. The maximum absolute atomic E-state index is 12.0. The SMILES string of the molecule is C[C@@H](OC(=O)[C@H]1CC=CCC1)C(=O)Nc1cccc(C#N)c1. The Morgan fingerprint density at radius 3 is 2.91 bits per heavy atom. The standard InChI is InChI=1S/C17H18N2O3/c1-12(22-17(21)14-7-3-2-4-8-14)16(20)19-15-9-5-6-13(10-15)11-18/h2-3,5-6,9-10,12,14H,4,7-8H2,1H3,(H,19,20)/t12-,14+/m1/s1. The zero-order valence-electron chi connectivity index (χ0n) is 12.4. The van der Waals surface area contributed by atoms with Crippen molar-refractivity contribution in [2.45, 2.75) is 32.3 Å². The molecule has 1 N–H and O–H groups in total. The molecule has 0 fully saturated rings. The first-order valence-electron chi connectivity index (χ1n) is 7.26. The molecule has 0 aromatic heterocycles. The van der Waals surface area contributed by atoms with Gasteiger partial charge in [0.1, 0.15) is 0 Å². The molecule has 22 heavy (non-hydrogen) atoms. The van der Waals surface area contributed by atoms with Gasteiger partial charge in [-0.3, -0.25) is 9.59 Å². The summed E-state index contributed by atoms with van der Waals surface area (Å²) in [7, 11) is 0. The molecule has 0 bridgehead atoms. The third-order valence-corrected chi connectivity index (χ3v) is 3.52. The van der Waals surface area contributed by atoms with E-state index in [1.54, 1.807) is 31.2 Å². The van der Waals surface area contributed by atoms with Gasteiger partial charge in [0.05, 0.1) is 17.6 Å². The fraction of sp³-hybridized carbons (Fsp3) is 0.353. The Balaban J connectivity index is 1.90. The molecule has 2 atom stereocenters. The van der Waals surface area contributed by atoms with Crippen molar-refractivity contribution in [3.05, 3.63) is 42.0 Å². The van der Waals surface area contributed by atoms with Crippen LogP contribution in [-0.4, -0.2) is 18.0 Å². The van der Waals surface area contributed by atoms with Gasteiger partial charge in [-0.15, -0.1) is 0 Å². The first-order chi connectivity index (χ1) is 10.6. The van der Waals surface area contributed by atoms with Gasteiger partial charge in [-0.05, 0) is 44.4 Å². The number of allylic oxidation sites excluding steroid dienone is 2. The summed E-state index contributed by atoms with van der Waals surface area (Å²) < 4.78 is 5.23. The van der Waals surface area contributed by atoms with Crippen molar-refractivity contribution in [1.29, 1.82) is 5.26 Å². The zero-order chi connectivity index (χ0) is 15.9. The Kier molecular flexibility index (Phi) is 5.31. The summed E-state index contributed by atoms with van der Waals surface area (Å²) in [4.78, 5) is 24.0. The molecule has 0 aliphatic heterocycles. The van der Waals surface area contributed by atoms with Crippen LogP contribution in [-0.2, 0) is 14.3 Å². The number of nitrogens with one attached hydrogen (secondary N) is 1. The number of benzene rings is 1. The molecule has 5 heteroatoms. The van der Waals surface area contributed by atoms with E-state index in [-0.39, 0.29) is 11.9 Å². The number of ether oxygens (including phenoxy) is 1. The summed E-state index contributed by atoms with van der Waals surface area (Å²) in [5.41, 5.74) is 0.962. The van der Waals surface area contributed by atoms with Crippen LogP contribution in [0.5, 0.6) is 0 Å². The maximum atomic E-state index is 12.0. The second-order valence-electron chi connectivity index (χ2n) is 5.24. The van der Waals surface area contributed by atoms with E-state index in [2.05, 4.69) is 5.32 Å². The highest BCUT2D eigenvalue weighted by Gasteiger charge is 2.25. The van der Waals surface area contributed by atoms with E-state index in [0.717, 1.165) is 12.8 Å². The van der Waals surface area contributed by atoms with E-state index < -0.39 is 12.0 Å². The average Bonchev–Trinajstić information content (AvgIpc) is 2.55. The number of hydrogen-bond donors (Lipinski definition) is 1. The van der Waals surface area contributed by atoms with Gasteiger partial charge in [0, 0.05) is 5.69 Å². The van der Waals surface area contributed by atoms with Crippen LogP contribution in [0.25, 0.3) is 0 Å². The lowest BCUT2D eigenvalue weighted by Crippen LogP contribution is -2.32. The van der Waals surface area contributed by atoms with Crippen LogP contribution in [0, 0.1) is 17.2 Å². The van der Waals surface area contributed by atoms with E-state index in [4.69, 9.17) is 10.00 Å². The molecule has 114 valence electrons. The molecule has 1 amide bonds. The average molecular weight is 298 g/mol. The Bertz CT molecular complexity index is 631. The summed E-state index contributed by atoms with van der Waals surface area (Å²) in [6.07, 6.45) is 5.42. The van der Waals surface area contributed by atoms with Gasteiger partial charge in [0.25, 0.3) is 5.91 Å². The summed E-state index contributed by atoms with van der Waals surface area (Å²) in [6.45, 7) is 1.54. The Morgan fingerprint density at radius 2 is 2.23 bits per heavy atom. The van der Waals surface area contributed by atoms with Crippen LogP contribution < -0.4 is 5.32 Å². The normalized spacial score (nSPS) is 18.1. The monoisotopic (exact) mass is 298 g/mol. The Labute approximate surface area is 129 Å². The number of nitrogens with zero attached hydrogens (tertiary/aromatic N) is 1. The lowest BCUT2D eigenvalue weighted by Gasteiger charge is -2.19. The molecule has 1 aromatic carbocycles. The minimum absolute atomic E-state index is 0.165. The molecule has 1 aliphatic rings. The zero-order valence-corrected chi connectivity index (χ0v) is 12.4. The number of rotatable bonds is 4. The van der Waals surface area contributed by atoms with E-state index in [0.29, 0.717) is 17.7 Å². The Morgan fingerprint density at radius 1 is 1.41 bits per heavy atom. The third kappa shape index (κ3) is 4.19. The highest BCUT2D eigenvalue weighted by Crippen LogP contribution is 2.20. The van der Waals surface area contributed by atoms with E-state index in [9.17, 15) is 9.59 Å². The van der Waals surface area contributed by atoms with Crippen molar-refractivity contribution in [2.24, 2.45) is 5.92 Å². The molecule has 5 nitrogen and oxygen atoms in total. The Hall–Kier alpha value is -2.61. The predicted octanol–water partition coefficient (Wildman–Crippen LogP) is 2.78. The van der Waals surface area contributed by atoms with Crippen molar-refractivity contribution in [3.63, 3.8) is 0 Å². The molecule has 0 saturated heterocycles. The van der Waals surface area contributed by atoms with E-state index >= 15 is 0 Å². The molecule has 0 heterocycles. The van der Waals surface area contributed by atoms with Crippen molar-refractivity contribution in [1.82, 2.24) is 0 Å². The molecule has 0 spiro atoms. The highest BCUT2D eigenvalue weighted by atomic mass is 16.5. The van der Waals surface area contributed by atoms with Crippen molar-refractivity contribution in [3.8, 4) is 6.07 Å². The van der Waals surface area contributed by atoms with Gasteiger partial charge in [-0.1, -0.05) is 18.2 Å².